The van der Waals surface area contributed by atoms with Crippen LogP contribution in [0.5, 0.6) is 5.88 Å². The second-order valence-corrected chi connectivity index (χ2v) is 6.30. The number of hydrogen-bond donors (Lipinski definition) is 2. The van der Waals surface area contributed by atoms with Gasteiger partial charge in [0.15, 0.2) is 0 Å². The van der Waals surface area contributed by atoms with E-state index in [0.29, 0.717) is 23.3 Å². The first kappa shape index (κ1) is 17.9. The molecular weight excluding hydrogens is 335 g/mol. The number of rotatable bonds is 4. The smallest absolute Gasteiger partial charge is 0.403 e. The predicted octanol–water partition coefficient (Wildman–Crippen LogP) is 2.47. The van der Waals surface area contributed by atoms with Crippen molar-refractivity contribution in [2.24, 2.45) is 5.92 Å². The van der Waals surface area contributed by atoms with Gasteiger partial charge in [-0.25, -0.2) is 4.98 Å². The SMILES string of the molecule is COc1ccc2nccc(C[C@@H](O)C3CCN[C@H](C(F)(F)F)C3)c2n1. The second-order valence-electron chi connectivity index (χ2n) is 6.30. The van der Waals surface area contributed by atoms with Gasteiger partial charge in [-0.1, -0.05) is 0 Å². The standard InChI is InChI=1S/C17H20F3N3O2/c1-25-15-3-2-12-16(23-15)11(5-6-21-12)8-13(24)10-4-7-22-14(9-10)17(18,19)20/h2-3,5-6,10,13-14,22,24H,4,7-9H2,1H3/t10?,13-,14+/m1/s1. The number of alkyl halides is 3. The number of aliphatic hydroxyl groups excluding tert-OH is 1. The van der Waals surface area contributed by atoms with Crippen molar-refractivity contribution in [3.8, 4) is 5.88 Å². The minimum Gasteiger partial charge on any atom is -0.481 e. The number of pyridine rings is 2. The van der Waals surface area contributed by atoms with Crippen molar-refractivity contribution in [3.05, 3.63) is 30.0 Å². The lowest BCUT2D eigenvalue weighted by molar-refractivity contribution is -0.166. The molecular formula is C17H20F3N3O2. The van der Waals surface area contributed by atoms with Crippen LogP contribution < -0.4 is 10.1 Å². The van der Waals surface area contributed by atoms with Gasteiger partial charge in [0.2, 0.25) is 5.88 Å². The van der Waals surface area contributed by atoms with Crippen molar-refractivity contribution in [2.75, 3.05) is 13.7 Å². The number of hydrogen-bond acceptors (Lipinski definition) is 5. The number of nitrogens with zero attached hydrogens (tertiary/aromatic N) is 2. The topological polar surface area (TPSA) is 67.3 Å². The van der Waals surface area contributed by atoms with E-state index in [0.717, 1.165) is 5.56 Å². The van der Waals surface area contributed by atoms with Crippen LogP contribution in [0, 0.1) is 5.92 Å². The molecule has 25 heavy (non-hydrogen) atoms. The molecule has 1 aliphatic heterocycles. The molecule has 1 unspecified atom stereocenters. The summed E-state index contributed by atoms with van der Waals surface area (Å²) >= 11 is 0. The first-order valence-electron chi connectivity index (χ1n) is 8.15. The van der Waals surface area contributed by atoms with E-state index >= 15 is 0 Å². The maximum atomic E-state index is 12.9. The zero-order chi connectivity index (χ0) is 18.0. The van der Waals surface area contributed by atoms with E-state index in [1.807, 2.05) is 0 Å². The van der Waals surface area contributed by atoms with Crippen molar-refractivity contribution in [2.45, 2.75) is 37.6 Å². The highest BCUT2D eigenvalue weighted by molar-refractivity contribution is 5.78. The molecule has 1 aliphatic rings. The largest absolute Gasteiger partial charge is 0.481 e. The fourth-order valence-electron chi connectivity index (χ4n) is 3.28. The summed E-state index contributed by atoms with van der Waals surface area (Å²) in [5.74, 6) is 0.0111. The average molecular weight is 355 g/mol. The molecule has 8 heteroatoms. The van der Waals surface area contributed by atoms with Crippen LogP contribution in [0.1, 0.15) is 18.4 Å². The fraction of sp³-hybridized carbons (Fsp3) is 0.529. The van der Waals surface area contributed by atoms with Crippen molar-refractivity contribution in [1.82, 2.24) is 15.3 Å². The average Bonchev–Trinajstić information content (AvgIpc) is 2.61. The molecule has 3 atom stereocenters. The van der Waals surface area contributed by atoms with Gasteiger partial charge in [0.25, 0.3) is 0 Å². The Balaban J connectivity index is 1.78. The molecule has 1 saturated heterocycles. The Hall–Kier alpha value is -1.93. The molecule has 0 bridgehead atoms. The van der Waals surface area contributed by atoms with Gasteiger partial charge in [-0.05, 0) is 43.0 Å². The third kappa shape index (κ3) is 4.01. The lowest BCUT2D eigenvalue weighted by Crippen LogP contribution is -2.49. The zero-order valence-corrected chi connectivity index (χ0v) is 13.8. The summed E-state index contributed by atoms with van der Waals surface area (Å²) in [5.41, 5.74) is 2.00. The normalized spacial score (nSPS) is 22.8. The molecule has 0 aromatic carbocycles. The van der Waals surface area contributed by atoms with Crippen LogP contribution in [0.15, 0.2) is 24.4 Å². The minimum absolute atomic E-state index is 0.121. The third-order valence-electron chi connectivity index (χ3n) is 4.66. The maximum absolute atomic E-state index is 12.9. The molecule has 0 saturated carbocycles. The van der Waals surface area contributed by atoms with E-state index in [9.17, 15) is 18.3 Å². The van der Waals surface area contributed by atoms with Crippen LogP contribution >= 0.6 is 0 Å². The molecule has 0 amide bonds. The molecule has 2 N–H and O–H groups in total. The van der Waals surface area contributed by atoms with Crippen LogP contribution in [-0.2, 0) is 6.42 Å². The number of aliphatic hydroxyl groups is 1. The number of ether oxygens (including phenoxy) is 1. The molecule has 0 aliphatic carbocycles. The van der Waals surface area contributed by atoms with Gasteiger partial charge in [-0.3, -0.25) is 4.98 Å². The van der Waals surface area contributed by atoms with Gasteiger partial charge < -0.3 is 15.2 Å². The van der Waals surface area contributed by atoms with Gasteiger partial charge in [0.05, 0.1) is 24.2 Å². The van der Waals surface area contributed by atoms with E-state index in [1.165, 1.54) is 7.11 Å². The van der Waals surface area contributed by atoms with Crippen molar-refractivity contribution in [1.29, 1.82) is 0 Å². The lowest BCUT2D eigenvalue weighted by Gasteiger charge is -2.34. The van der Waals surface area contributed by atoms with Crippen molar-refractivity contribution < 1.29 is 23.0 Å². The van der Waals surface area contributed by atoms with Crippen molar-refractivity contribution >= 4 is 11.0 Å². The van der Waals surface area contributed by atoms with Gasteiger partial charge in [0.1, 0.15) is 6.04 Å². The van der Waals surface area contributed by atoms with Crippen LogP contribution in [0.2, 0.25) is 0 Å². The summed E-state index contributed by atoms with van der Waals surface area (Å²) < 4.78 is 43.9. The summed E-state index contributed by atoms with van der Waals surface area (Å²) in [5, 5.41) is 13.0. The molecule has 5 nitrogen and oxygen atoms in total. The highest BCUT2D eigenvalue weighted by atomic mass is 19.4. The zero-order valence-electron chi connectivity index (χ0n) is 13.8. The Morgan fingerprint density at radius 3 is 2.88 bits per heavy atom. The number of nitrogens with one attached hydrogen (secondary N) is 1. The molecule has 2 aromatic heterocycles. The van der Waals surface area contributed by atoms with Crippen LogP contribution in [0.25, 0.3) is 11.0 Å². The summed E-state index contributed by atoms with van der Waals surface area (Å²) in [6.07, 6.45) is -2.94. The van der Waals surface area contributed by atoms with Crippen LogP contribution in [0.4, 0.5) is 13.2 Å². The quantitative estimate of drug-likeness (QED) is 0.882. The van der Waals surface area contributed by atoms with Gasteiger partial charge in [0, 0.05) is 18.7 Å². The molecule has 3 rings (SSSR count). The summed E-state index contributed by atoms with van der Waals surface area (Å²) in [4.78, 5) is 8.58. The first-order chi connectivity index (χ1) is 11.9. The minimum atomic E-state index is -4.29. The molecule has 2 aromatic rings. The first-order valence-corrected chi connectivity index (χ1v) is 8.15. The van der Waals surface area contributed by atoms with Crippen molar-refractivity contribution in [3.63, 3.8) is 0 Å². The molecule has 3 heterocycles. The predicted molar refractivity (Wildman–Crippen MR) is 86.4 cm³/mol. The number of halogens is 3. The summed E-state index contributed by atoms with van der Waals surface area (Å²) in [7, 11) is 1.51. The Bertz CT molecular complexity index is 739. The van der Waals surface area contributed by atoms with Crippen LogP contribution in [-0.4, -0.2) is 47.1 Å². The van der Waals surface area contributed by atoms with E-state index < -0.39 is 24.2 Å². The van der Waals surface area contributed by atoms with Gasteiger partial charge in [-0.2, -0.15) is 13.2 Å². The third-order valence-corrected chi connectivity index (χ3v) is 4.66. The van der Waals surface area contributed by atoms with E-state index in [2.05, 4.69) is 15.3 Å². The number of methoxy groups -OCH3 is 1. The van der Waals surface area contributed by atoms with Gasteiger partial charge in [-0.15, -0.1) is 0 Å². The van der Waals surface area contributed by atoms with Gasteiger partial charge >= 0.3 is 6.18 Å². The monoisotopic (exact) mass is 355 g/mol. The molecule has 0 radical (unpaired) electrons. The fourth-order valence-corrected chi connectivity index (χ4v) is 3.28. The molecule has 136 valence electrons. The maximum Gasteiger partial charge on any atom is 0.403 e. The Kier molecular flexibility index (Phi) is 5.10. The number of fused-ring (bicyclic) bond motifs is 1. The number of piperidine rings is 1. The highest BCUT2D eigenvalue weighted by Crippen LogP contribution is 2.32. The van der Waals surface area contributed by atoms with E-state index in [4.69, 9.17) is 4.74 Å². The summed E-state index contributed by atoms with van der Waals surface area (Å²) in [6, 6.07) is 3.63. The summed E-state index contributed by atoms with van der Waals surface area (Å²) in [6.45, 7) is 0.245. The van der Waals surface area contributed by atoms with Crippen LogP contribution in [0.3, 0.4) is 0 Å². The Labute approximate surface area is 143 Å². The second kappa shape index (κ2) is 7.13. The van der Waals surface area contributed by atoms with E-state index in [-0.39, 0.29) is 19.4 Å². The highest BCUT2D eigenvalue weighted by Gasteiger charge is 2.43. The Morgan fingerprint density at radius 1 is 1.36 bits per heavy atom. The lowest BCUT2D eigenvalue weighted by atomic mass is 9.85. The number of aromatic nitrogens is 2. The molecule has 0 spiro atoms. The van der Waals surface area contributed by atoms with E-state index in [1.54, 1.807) is 24.4 Å². The Morgan fingerprint density at radius 2 is 2.16 bits per heavy atom. The molecule has 1 fully saturated rings.